The standard InChI is InChI=1S/C19H13Cl2N3O/c1-12-18(19(23-25-12)13-5-3-2-4-6-13)17-10-24(11-22-17)14-7-8-15(20)16(21)9-14/h2-11H,1H3. The van der Waals surface area contributed by atoms with Gasteiger partial charge in [-0.1, -0.05) is 58.7 Å². The summed E-state index contributed by atoms with van der Waals surface area (Å²) in [5, 5.41) is 5.23. The average Bonchev–Trinajstić information content (AvgIpc) is 3.24. The Balaban J connectivity index is 1.79. The van der Waals surface area contributed by atoms with Crippen molar-refractivity contribution in [2.75, 3.05) is 0 Å². The van der Waals surface area contributed by atoms with Crippen LogP contribution in [0.15, 0.2) is 65.6 Å². The molecule has 0 aliphatic heterocycles. The normalized spacial score (nSPS) is 11.0. The van der Waals surface area contributed by atoms with Crippen molar-refractivity contribution in [3.05, 3.63) is 76.9 Å². The van der Waals surface area contributed by atoms with E-state index in [2.05, 4.69) is 10.1 Å². The molecular weight excluding hydrogens is 357 g/mol. The summed E-state index contributed by atoms with van der Waals surface area (Å²) in [6, 6.07) is 15.3. The molecule has 0 saturated carbocycles. The maximum Gasteiger partial charge on any atom is 0.143 e. The summed E-state index contributed by atoms with van der Waals surface area (Å²) in [6.45, 7) is 1.88. The van der Waals surface area contributed by atoms with Crippen LogP contribution in [0.5, 0.6) is 0 Å². The van der Waals surface area contributed by atoms with Crippen molar-refractivity contribution in [1.29, 1.82) is 0 Å². The second kappa shape index (κ2) is 6.39. The molecule has 0 amide bonds. The van der Waals surface area contributed by atoms with Crippen LogP contribution in [0.25, 0.3) is 28.2 Å². The van der Waals surface area contributed by atoms with Gasteiger partial charge in [0.15, 0.2) is 0 Å². The molecule has 0 aliphatic carbocycles. The molecule has 0 spiro atoms. The van der Waals surface area contributed by atoms with Crippen molar-refractivity contribution in [1.82, 2.24) is 14.7 Å². The monoisotopic (exact) mass is 369 g/mol. The minimum Gasteiger partial charge on any atom is -0.360 e. The zero-order chi connectivity index (χ0) is 17.4. The van der Waals surface area contributed by atoms with Gasteiger partial charge in [0.05, 0.1) is 27.6 Å². The molecule has 25 heavy (non-hydrogen) atoms. The van der Waals surface area contributed by atoms with Crippen LogP contribution >= 0.6 is 23.2 Å². The summed E-state index contributed by atoms with van der Waals surface area (Å²) in [5.74, 6) is 0.721. The zero-order valence-electron chi connectivity index (χ0n) is 13.3. The van der Waals surface area contributed by atoms with Gasteiger partial charge in [-0.15, -0.1) is 0 Å². The number of nitrogens with zero attached hydrogens (tertiary/aromatic N) is 3. The van der Waals surface area contributed by atoms with Gasteiger partial charge in [-0.2, -0.15) is 0 Å². The maximum absolute atomic E-state index is 6.11. The largest absolute Gasteiger partial charge is 0.360 e. The van der Waals surface area contributed by atoms with Gasteiger partial charge in [-0.3, -0.25) is 0 Å². The van der Waals surface area contributed by atoms with Crippen LogP contribution in [0.2, 0.25) is 10.0 Å². The van der Waals surface area contributed by atoms with Crippen molar-refractivity contribution in [2.24, 2.45) is 0 Å². The van der Waals surface area contributed by atoms with E-state index in [1.165, 1.54) is 0 Å². The average molecular weight is 370 g/mol. The van der Waals surface area contributed by atoms with E-state index < -0.39 is 0 Å². The van der Waals surface area contributed by atoms with Gasteiger partial charge >= 0.3 is 0 Å². The zero-order valence-corrected chi connectivity index (χ0v) is 14.8. The number of benzene rings is 2. The fraction of sp³-hybridized carbons (Fsp3) is 0.0526. The molecule has 0 fully saturated rings. The summed E-state index contributed by atoms with van der Waals surface area (Å²) in [5.41, 5.74) is 4.30. The van der Waals surface area contributed by atoms with Crippen molar-refractivity contribution in [3.8, 4) is 28.2 Å². The van der Waals surface area contributed by atoms with E-state index in [4.69, 9.17) is 27.7 Å². The summed E-state index contributed by atoms with van der Waals surface area (Å²) >= 11 is 12.1. The summed E-state index contributed by atoms with van der Waals surface area (Å²) in [6.07, 6.45) is 3.65. The summed E-state index contributed by atoms with van der Waals surface area (Å²) in [7, 11) is 0. The molecule has 4 aromatic rings. The lowest BCUT2D eigenvalue weighted by atomic mass is 10.0. The Morgan fingerprint density at radius 2 is 1.80 bits per heavy atom. The molecule has 0 bridgehead atoms. The Hall–Kier alpha value is -2.56. The van der Waals surface area contributed by atoms with Gasteiger partial charge < -0.3 is 9.09 Å². The highest BCUT2D eigenvalue weighted by atomic mass is 35.5. The lowest BCUT2D eigenvalue weighted by Gasteiger charge is -2.03. The third kappa shape index (κ3) is 2.95. The van der Waals surface area contributed by atoms with Crippen LogP contribution in [0.1, 0.15) is 5.76 Å². The second-order valence-electron chi connectivity index (χ2n) is 5.59. The summed E-state index contributed by atoms with van der Waals surface area (Å²) < 4.78 is 7.30. The van der Waals surface area contributed by atoms with E-state index in [1.807, 2.05) is 54.1 Å². The molecule has 0 atom stereocenters. The third-order valence-corrected chi connectivity index (χ3v) is 4.69. The fourth-order valence-corrected chi connectivity index (χ4v) is 3.00. The van der Waals surface area contributed by atoms with Crippen LogP contribution in [0, 0.1) is 6.92 Å². The van der Waals surface area contributed by atoms with Gasteiger partial charge in [-0.05, 0) is 25.1 Å². The molecule has 0 aliphatic rings. The molecule has 4 nitrogen and oxygen atoms in total. The van der Waals surface area contributed by atoms with Gasteiger partial charge in [0.1, 0.15) is 11.5 Å². The SMILES string of the molecule is Cc1onc(-c2ccccc2)c1-c1cn(-c2ccc(Cl)c(Cl)c2)cn1. The molecule has 2 heterocycles. The molecule has 0 radical (unpaired) electrons. The molecule has 0 unspecified atom stereocenters. The van der Waals surface area contributed by atoms with Crippen molar-refractivity contribution >= 4 is 23.2 Å². The van der Waals surface area contributed by atoms with Crippen molar-refractivity contribution < 1.29 is 4.52 Å². The van der Waals surface area contributed by atoms with E-state index in [9.17, 15) is 0 Å². The fourth-order valence-electron chi connectivity index (χ4n) is 2.71. The van der Waals surface area contributed by atoms with Crippen LogP contribution in [0.4, 0.5) is 0 Å². The minimum atomic E-state index is 0.501. The lowest BCUT2D eigenvalue weighted by Crippen LogP contribution is -1.89. The highest BCUT2D eigenvalue weighted by molar-refractivity contribution is 6.42. The molecule has 2 aromatic heterocycles. The second-order valence-corrected chi connectivity index (χ2v) is 6.41. The van der Waals surface area contributed by atoms with Crippen LogP contribution in [-0.2, 0) is 0 Å². The van der Waals surface area contributed by atoms with Gasteiger partial charge in [0.25, 0.3) is 0 Å². The van der Waals surface area contributed by atoms with Crippen LogP contribution in [0.3, 0.4) is 0 Å². The van der Waals surface area contributed by atoms with Gasteiger partial charge in [0, 0.05) is 17.4 Å². The number of imidazole rings is 1. The third-order valence-electron chi connectivity index (χ3n) is 3.95. The predicted octanol–water partition coefficient (Wildman–Crippen LogP) is 5.81. The Bertz CT molecular complexity index is 1040. The number of hydrogen-bond acceptors (Lipinski definition) is 3. The maximum atomic E-state index is 6.11. The van der Waals surface area contributed by atoms with Crippen molar-refractivity contribution in [2.45, 2.75) is 6.92 Å². The topological polar surface area (TPSA) is 43.9 Å². The number of rotatable bonds is 3. The Kier molecular flexibility index (Phi) is 4.07. The first kappa shape index (κ1) is 15.9. The van der Waals surface area contributed by atoms with Gasteiger partial charge in [-0.25, -0.2) is 4.98 Å². The van der Waals surface area contributed by atoms with Gasteiger partial charge in [0.2, 0.25) is 0 Å². The Morgan fingerprint density at radius 3 is 2.56 bits per heavy atom. The number of hydrogen-bond donors (Lipinski definition) is 0. The van der Waals surface area contributed by atoms with E-state index in [0.29, 0.717) is 10.0 Å². The van der Waals surface area contributed by atoms with E-state index in [0.717, 1.165) is 34.0 Å². The quantitative estimate of drug-likeness (QED) is 0.457. The van der Waals surface area contributed by atoms with Crippen LogP contribution in [-0.4, -0.2) is 14.7 Å². The molecule has 0 N–H and O–H groups in total. The minimum absolute atomic E-state index is 0.501. The smallest absolute Gasteiger partial charge is 0.143 e. The number of aromatic nitrogens is 3. The van der Waals surface area contributed by atoms with Crippen LogP contribution < -0.4 is 0 Å². The van der Waals surface area contributed by atoms with E-state index in [-0.39, 0.29) is 0 Å². The molecule has 4 rings (SSSR count). The number of halogens is 2. The lowest BCUT2D eigenvalue weighted by molar-refractivity contribution is 0.400. The highest BCUT2D eigenvalue weighted by Gasteiger charge is 2.18. The first-order valence-electron chi connectivity index (χ1n) is 7.65. The molecule has 0 saturated heterocycles. The molecule has 2 aromatic carbocycles. The Labute approximate surface area is 154 Å². The molecular formula is C19H13Cl2N3O. The first-order valence-corrected chi connectivity index (χ1v) is 8.40. The predicted molar refractivity (Wildman–Crippen MR) is 99.3 cm³/mol. The van der Waals surface area contributed by atoms with E-state index >= 15 is 0 Å². The highest BCUT2D eigenvalue weighted by Crippen LogP contribution is 2.33. The number of aryl methyl sites for hydroxylation is 1. The molecule has 6 heteroatoms. The van der Waals surface area contributed by atoms with Crippen molar-refractivity contribution in [3.63, 3.8) is 0 Å². The Morgan fingerprint density at radius 1 is 1.00 bits per heavy atom. The first-order chi connectivity index (χ1) is 12.1. The van der Waals surface area contributed by atoms with E-state index in [1.54, 1.807) is 18.5 Å². The summed E-state index contributed by atoms with van der Waals surface area (Å²) in [4.78, 5) is 4.52. The molecule has 124 valence electrons.